The lowest BCUT2D eigenvalue weighted by Crippen LogP contribution is -2.36. The summed E-state index contributed by atoms with van der Waals surface area (Å²) in [6.45, 7) is -0.514. The molecule has 0 aliphatic heterocycles. The third kappa shape index (κ3) is 6.66. The lowest BCUT2D eigenvalue weighted by molar-refractivity contribution is -0.137. The summed E-state index contributed by atoms with van der Waals surface area (Å²) in [5, 5.41) is 11.3. The molecule has 2 aromatic heterocycles. The molecule has 4 rings (SSSR count). The van der Waals surface area contributed by atoms with Crippen LogP contribution in [0, 0.1) is 11.6 Å². The number of thiazole rings is 1. The van der Waals surface area contributed by atoms with E-state index in [0.717, 1.165) is 4.90 Å². The van der Waals surface area contributed by atoms with Crippen molar-refractivity contribution in [1.82, 2.24) is 19.9 Å². The minimum absolute atomic E-state index is 0.0715. The Bertz CT molecular complexity index is 1400. The molecule has 0 saturated carbocycles. The number of carbonyl (C=O) groups is 2. The van der Waals surface area contributed by atoms with Gasteiger partial charge in [0.2, 0.25) is 0 Å². The summed E-state index contributed by atoms with van der Waals surface area (Å²) in [4.78, 5) is 38.3. The number of amides is 1. The summed E-state index contributed by atoms with van der Waals surface area (Å²) in [5.41, 5.74) is 1.38. The van der Waals surface area contributed by atoms with Crippen molar-refractivity contribution in [1.29, 1.82) is 0 Å². The monoisotopic (exact) mass is 542 g/mol. The van der Waals surface area contributed by atoms with E-state index < -0.39 is 30.1 Å². The maximum absolute atomic E-state index is 13.8. The molecule has 2 heterocycles. The molecule has 0 aliphatic carbocycles. The molecule has 8 nitrogen and oxygen atoms in total. The van der Waals surface area contributed by atoms with E-state index in [1.54, 1.807) is 36.6 Å². The van der Waals surface area contributed by atoms with E-state index in [1.807, 2.05) is 0 Å². The Morgan fingerprint density at radius 2 is 1.81 bits per heavy atom. The maximum Gasteiger partial charge on any atom is 0.323 e. The van der Waals surface area contributed by atoms with Gasteiger partial charge in [-0.15, -0.1) is 23.1 Å². The fourth-order valence-corrected chi connectivity index (χ4v) is 4.68. The predicted molar refractivity (Wildman–Crippen MR) is 134 cm³/mol. The number of aromatic nitrogens is 3. The van der Waals surface area contributed by atoms with Crippen LogP contribution < -0.4 is 4.74 Å². The number of rotatable bonds is 10. The highest BCUT2D eigenvalue weighted by molar-refractivity contribution is 7.98. The number of benzene rings is 2. The minimum Gasteiger partial charge on any atom is -0.486 e. The number of carboxylic acids is 1. The number of nitrogens with zero attached hydrogens (tertiary/aromatic N) is 4. The largest absolute Gasteiger partial charge is 0.486 e. The molecule has 0 spiro atoms. The smallest absolute Gasteiger partial charge is 0.323 e. The number of carboxylic acid groups (broad SMARTS) is 1. The van der Waals surface area contributed by atoms with Crippen LogP contribution in [-0.4, -0.2) is 49.6 Å². The van der Waals surface area contributed by atoms with Crippen LogP contribution in [-0.2, 0) is 17.9 Å². The van der Waals surface area contributed by atoms with Crippen molar-refractivity contribution in [2.45, 2.75) is 18.0 Å². The molecule has 0 atom stereocenters. The quantitative estimate of drug-likeness (QED) is 0.282. The van der Waals surface area contributed by atoms with Crippen molar-refractivity contribution < 1.29 is 28.2 Å². The molecule has 1 N–H and O–H groups in total. The molecule has 0 unspecified atom stereocenters. The van der Waals surface area contributed by atoms with Crippen molar-refractivity contribution in [2.75, 3.05) is 12.8 Å². The topological polar surface area (TPSA) is 106 Å². The third-order valence-electron chi connectivity index (χ3n) is 5.11. The van der Waals surface area contributed by atoms with Gasteiger partial charge in [0, 0.05) is 22.7 Å². The number of hydrogen-bond donors (Lipinski definition) is 1. The molecular weight excluding hydrogens is 522 g/mol. The zero-order valence-corrected chi connectivity index (χ0v) is 21.1. The predicted octanol–water partition coefficient (Wildman–Crippen LogP) is 4.91. The molecule has 2 aromatic carbocycles. The van der Waals surface area contributed by atoms with Crippen molar-refractivity contribution in [2.24, 2.45) is 0 Å². The summed E-state index contributed by atoms with van der Waals surface area (Å²) in [6.07, 6.45) is 4.81. The summed E-state index contributed by atoms with van der Waals surface area (Å²) >= 11 is 2.52. The number of halogens is 2. The highest BCUT2D eigenvalue weighted by Crippen LogP contribution is 2.33. The van der Waals surface area contributed by atoms with Crippen LogP contribution in [0.5, 0.6) is 5.75 Å². The van der Waals surface area contributed by atoms with E-state index in [0.29, 0.717) is 32.6 Å². The molecular formula is C25H20F2N4O4S2. The van der Waals surface area contributed by atoms with Gasteiger partial charge in [-0.05, 0) is 47.7 Å². The van der Waals surface area contributed by atoms with E-state index in [1.165, 1.54) is 53.0 Å². The van der Waals surface area contributed by atoms with Gasteiger partial charge in [-0.1, -0.05) is 12.1 Å². The highest BCUT2D eigenvalue weighted by Gasteiger charge is 2.22. The minimum atomic E-state index is -1.17. The third-order valence-corrected chi connectivity index (χ3v) is 6.71. The summed E-state index contributed by atoms with van der Waals surface area (Å²) in [5.74, 6) is -2.70. The normalized spacial score (nSPS) is 10.8. The van der Waals surface area contributed by atoms with Gasteiger partial charge in [0.15, 0.2) is 11.6 Å². The van der Waals surface area contributed by atoms with Gasteiger partial charge < -0.3 is 14.7 Å². The number of hydrogen-bond acceptors (Lipinski definition) is 8. The molecule has 4 aromatic rings. The Hall–Kier alpha value is -3.90. The number of carbonyl (C=O) groups excluding carboxylic acids is 1. The second-order valence-electron chi connectivity index (χ2n) is 7.63. The van der Waals surface area contributed by atoms with Gasteiger partial charge in [0.25, 0.3) is 5.91 Å². The first kappa shape index (κ1) is 26.2. The first-order chi connectivity index (χ1) is 17.8. The first-order valence-corrected chi connectivity index (χ1v) is 12.9. The Morgan fingerprint density at radius 1 is 1.11 bits per heavy atom. The van der Waals surface area contributed by atoms with Gasteiger partial charge in [0.1, 0.15) is 35.4 Å². The fourth-order valence-electron chi connectivity index (χ4n) is 3.38. The number of aliphatic carboxylic acids is 1. The van der Waals surface area contributed by atoms with Crippen LogP contribution in [0.25, 0.3) is 11.1 Å². The van der Waals surface area contributed by atoms with Crippen LogP contribution in [0.1, 0.15) is 21.3 Å². The molecule has 1 amide bonds. The van der Waals surface area contributed by atoms with Crippen molar-refractivity contribution in [3.05, 3.63) is 88.4 Å². The lowest BCUT2D eigenvalue weighted by atomic mass is 10.1. The zero-order chi connectivity index (χ0) is 26.4. The fraction of sp³-hybridized carbons (Fsp3) is 0.160. The molecule has 0 bridgehead atoms. The molecule has 190 valence electrons. The zero-order valence-electron chi connectivity index (χ0n) is 19.4. The van der Waals surface area contributed by atoms with Crippen LogP contribution in [0.15, 0.2) is 65.1 Å². The lowest BCUT2D eigenvalue weighted by Gasteiger charge is -2.18. The van der Waals surface area contributed by atoms with E-state index in [4.69, 9.17) is 4.74 Å². The molecule has 37 heavy (non-hydrogen) atoms. The Labute approximate surface area is 219 Å². The van der Waals surface area contributed by atoms with Gasteiger partial charge >= 0.3 is 5.97 Å². The molecule has 0 saturated heterocycles. The molecule has 0 fully saturated rings. The van der Waals surface area contributed by atoms with E-state index in [-0.39, 0.29) is 18.8 Å². The number of thioether (sulfide) groups is 1. The Balaban J connectivity index is 1.41. The standard InChI is InChI=1S/C25H20F2N4O4S2/c1-36-21-10-19(27)18(26)9-17(21)15-3-5-16(6-4-15)35-13-23-30-20(14-37-23)25(34)31(12-24(32)33)11-22-28-7-2-8-29-22/h2-10,14H,11-13H2,1H3,(H,32,33). The van der Waals surface area contributed by atoms with E-state index >= 15 is 0 Å². The number of ether oxygens (including phenoxy) is 1. The van der Waals surface area contributed by atoms with E-state index in [2.05, 4.69) is 15.0 Å². The Morgan fingerprint density at radius 3 is 2.49 bits per heavy atom. The Kier molecular flexibility index (Phi) is 8.41. The summed E-state index contributed by atoms with van der Waals surface area (Å²) in [6, 6.07) is 10.9. The van der Waals surface area contributed by atoms with Crippen molar-refractivity contribution in [3.8, 4) is 16.9 Å². The van der Waals surface area contributed by atoms with Crippen molar-refractivity contribution in [3.63, 3.8) is 0 Å². The average Bonchev–Trinajstić information content (AvgIpc) is 3.38. The van der Waals surface area contributed by atoms with Crippen molar-refractivity contribution >= 4 is 35.0 Å². The summed E-state index contributed by atoms with van der Waals surface area (Å²) < 4.78 is 33.1. The van der Waals surface area contributed by atoms with Crippen LogP contribution >= 0.6 is 23.1 Å². The second kappa shape index (κ2) is 11.9. The van der Waals surface area contributed by atoms with Gasteiger partial charge in [-0.3, -0.25) is 9.59 Å². The summed E-state index contributed by atoms with van der Waals surface area (Å²) in [7, 11) is 0. The molecule has 0 aliphatic rings. The van der Waals surface area contributed by atoms with E-state index in [9.17, 15) is 23.5 Å². The average molecular weight is 543 g/mol. The van der Waals surface area contributed by atoms with Gasteiger partial charge in [-0.2, -0.15) is 0 Å². The van der Waals surface area contributed by atoms with Crippen LogP contribution in [0.2, 0.25) is 0 Å². The first-order valence-electron chi connectivity index (χ1n) is 10.8. The van der Waals surface area contributed by atoms with Crippen LogP contribution in [0.4, 0.5) is 8.78 Å². The molecule has 12 heteroatoms. The van der Waals surface area contributed by atoms with Gasteiger partial charge in [-0.25, -0.2) is 23.7 Å². The van der Waals surface area contributed by atoms with Gasteiger partial charge in [0.05, 0.1) is 6.54 Å². The second-order valence-corrected chi connectivity index (χ2v) is 9.42. The molecule has 0 radical (unpaired) electrons. The van der Waals surface area contributed by atoms with Crippen LogP contribution in [0.3, 0.4) is 0 Å². The SMILES string of the molecule is CSc1cc(F)c(F)cc1-c1ccc(OCc2nc(C(=O)N(CC(=O)O)Cc3ncccn3)cs2)cc1. The highest BCUT2D eigenvalue weighted by atomic mass is 32.2. The maximum atomic E-state index is 13.8.